The Morgan fingerprint density at radius 2 is 1.82 bits per heavy atom. The minimum atomic E-state index is -0.456. The zero-order valence-electron chi connectivity index (χ0n) is 22.1. The van der Waals surface area contributed by atoms with E-state index in [2.05, 4.69) is 27.0 Å². The molecule has 9 heteroatoms. The highest BCUT2D eigenvalue weighted by molar-refractivity contribution is 5.92. The van der Waals surface area contributed by atoms with E-state index in [1.54, 1.807) is 25.4 Å². The summed E-state index contributed by atoms with van der Waals surface area (Å²) in [5.41, 5.74) is 3.42. The zero-order valence-corrected chi connectivity index (χ0v) is 22.1. The second-order valence-electron chi connectivity index (χ2n) is 10.7. The maximum absolute atomic E-state index is 13.8. The Morgan fingerprint density at radius 1 is 1.11 bits per heavy atom. The largest absolute Gasteiger partial charge is 0.369 e. The van der Waals surface area contributed by atoms with Gasteiger partial charge in [0.15, 0.2) is 0 Å². The summed E-state index contributed by atoms with van der Waals surface area (Å²) in [5.74, 6) is 0.202. The van der Waals surface area contributed by atoms with Crippen molar-refractivity contribution in [3.8, 4) is 12.1 Å². The highest BCUT2D eigenvalue weighted by Crippen LogP contribution is 2.37. The molecule has 0 atom stereocenters. The minimum absolute atomic E-state index is 0.0480. The maximum atomic E-state index is 13.8. The molecule has 5 rings (SSSR count). The van der Waals surface area contributed by atoms with Crippen LogP contribution in [0.3, 0.4) is 0 Å². The van der Waals surface area contributed by atoms with Gasteiger partial charge in [0.2, 0.25) is 5.95 Å². The molecule has 0 unspecified atom stereocenters. The van der Waals surface area contributed by atoms with Gasteiger partial charge in [-0.2, -0.15) is 14.9 Å². The van der Waals surface area contributed by atoms with Crippen LogP contribution in [0, 0.1) is 41.5 Å². The van der Waals surface area contributed by atoms with Gasteiger partial charge in [-0.1, -0.05) is 6.42 Å². The SMILES string of the molecule is Cc1cc(F)ncc1N(CC1CCC1)[C@H]1CC[C@H](N(C)c2c(C#N)c(=O)n(C)c3ccc(C#N)nc23)CC1. The smallest absolute Gasteiger partial charge is 0.270 e. The molecule has 38 heavy (non-hydrogen) atoms. The molecule has 2 aliphatic carbocycles. The first kappa shape index (κ1) is 25.7. The van der Waals surface area contributed by atoms with E-state index in [-0.39, 0.29) is 22.9 Å². The predicted molar refractivity (Wildman–Crippen MR) is 144 cm³/mol. The molecule has 0 radical (unpaired) electrons. The number of rotatable bonds is 6. The third kappa shape index (κ3) is 4.58. The number of nitrogens with zero attached hydrogens (tertiary/aromatic N) is 7. The molecule has 8 nitrogen and oxygen atoms in total. The van der Waals surface area contributed by atoms with Gasteiger partial charge in [0.05, 0.1) is 23.1 Å². The van der Waals surface area contributed by atoms with Crippen LogP contribution in [0.5, 0.6) is 0 Å². The number of aryl methyl sites for hydroxylation is 2. The number of anilines is 2. The number of halogens is 1. The van der Waals surface area contributed by atoms with Crippen LogP contribution < -0.4 is 15.4 Å². The third-order valence-corrected chi connectivity index (χ3v) is 8.49. The molecule has 3 heterocycles. The van der Waals surface area contributed by atoms with Crippen molar-refractivity contribution in [2.45, 2.75) is 64.0 Å². The van der Waals surface area contributed by atoms with Gasteiger partial charge in [-0.05, 0) is 75.1 Å². The van der Waals surface area contributed by atoms with Crippen LogP contribution in [0.4, 0.5) is 15.8 Å². The van der Waals surface area contributed by atoms with Crippen molar-refractivity contribution in [1.29, 1.82) is 10.5 Å². The summed E-state index contributed by atoms with van der Waals surface area (Å²) >= 11 is 0. The number of nitriles is 2. The van der Waals surface area contributed by atoms with Crippen molar-refractivity contribution < 1.29 is 4.39 Å². The fourth-order valence-electron chi connectivity index (χ4n) is 6.05. The summed E-state index contributed by atoms with van der Waals surface area (Å²) in [6.45, 7) is 2.90. The molecular weight excluding hydrogens is 481 g/mol. The molecular formula is C29H32FN7O. The van der Waals surface area contributed by atoms with E-state index in [0.29, 0.717) is 28.7 Å². The Labute approximate surface area is 221 Å². The predicted octanol–water partition coefficient (Wildman–Crippen LogP) is 4.57. The summed E-state index contributed by atoms with van der Waals surface area (Å²) in [6.07, 6.45) is 9.00. The molecule has 0 aliphatic heterocycles. The van der Waals surface area contributed by atoms with E-state index in [4.69, 9.17) is 0 Å². The molecule has 196 valence electrons. The molecule has 0 saturated heterocycles. The summed E-state index contributed by atoms with van der Waals surface area (Å²) in [7, 11) is 3.54. The Morgan fingerprint density at radius 3 is 2.42 bits per heavy atom. The topological polar surface area (TPSA) is 102 Å². The standard InChI is InChI=1S/C29H32FN7O/c1-18-13-26(30)33-16-25(18)37(17-19-5-4-6-19)22-10-8-21(9-11-22)35(2)28-23(15-32)29(38)36(3)24-12-7-20(14-31)34-27(24)28/h7,12-13,16,19,21-22H,4-6,8-11,17H2,1-3H3/t21-,22-. The van der Waals surface area contributed by atoms with E-state index in [0.717, 1.165) is 43.5 Å². The molecule has 2 fully saturated rings. The molecule has 0 N–H and O–H groups in total. The van der Waals surface area contributed by atoms with E-state index in [1.807, 2.05) is 18.9 Å². The molecule has 3 aromatic heterocycles. The Kier molecular flexibility index (Phi) is 7.03. The van der Waals surface area contributed by atoms with Crippen LogP contribution in [-0.2, 0) is 7.05 Å². The van der Waals surface area contributed by atoms with E-state index >= 15 is 0 Å². The van der Waals surface area contributed by atoms with Crippen molar-refractivity contribution in [1.82, 2.24) is 14.5 Å². The highest BCUT2D eigenvalue weighted by atomic mass is 19.1. The van der Waals surface area contributed by atoms with Gasteiger partial charge in [-0.25, -0.2) is 9.97 Å². The average Bonchev–Trinajstić information content (AvgIpc) is 2.90. The molecule has 0 aromatic carbocycles. The van der Waals surface area contributed by atoms with E-state index in [1.165, 1.54) is 29.9 Å². The molecule has 0 amide bonds. The van der Waals surface area contributed by atoms with Crippen molar-refractivity contribution in [2.24, 2.45) is 13.0 Å². The van der Waals surface area contributed by atoms with Crippen molar-refractivity contribution >= 4 is 22.4 Å². The van der Waals surface area contributed by atoms with Crippen LogP contribution in [0.2, 0.25) is 0 Å². The van der Waals surface area contributed by atoms with Gasteiger partial charge < -0.3 is 14.4 Å². The first-order chi connectivity index (χ1) is 18.3. The van der Waals surface area contributed by atoms with Gasteiger partial charge in [0.1, 0.15) is 28.9 Å². The highest BCUT2D eigenvalue weighted by Gasteiger charge is 2.33. The second kappa shape index (κ2) is 10.4. The lowest BCUT2D eigenvalue weighted by Crippen LogP contribution is -2.46. The Bertz CT molecular complexity index is 1510. The Hall–Kier alpha value is -3.98. The number of hydrogen-bond acceptors (Lipinski definition) is 7. The van der Waals surface area contributed by atoms with Gasteiger partial charge in [-0.15, -0.1) is 0 Å². The van der Waals surface area contributed by atoms with Crippen molar-refractivity contribution in [3.05, 3.63) is 57.5 Å². The lowest BCUT2D eigenvalue weighted by Gasteiger charge is -2.44. The van der Waals surface area contributed by atoms with Gasteiger partial charge in [0, 0.05) is 32.7 Å². The molecule has 2 aliphatic rings. The number of hydrogen-bond donors (Lipinski definition) is 0. The first-order valence-corrected chi connectivity index (χ1v) is 13.3. The second-order valence-corrected chi connectivity index (χ2v) is 10.7. The number of fused-ring (bicyclic) bond motifs is 1. The van der Waals surface area contributed by atoms with Crippen LogP contribution >= 0.6 is 0 Å². The molecule has 3 aromatic rings. The zero-order chi connectivity index (χ0) is 27.0. The maximum Gasteiger partial charge on any atom is 0.270 e. The number of aromatic nitrogens is 3. The molecule has 0 bridgehead atoms. The van der Waals surface area contributed by atoms with Crippen LogP contribution in [-0.4, -0.2) is 40.2 Å². The normalized spacial score (nSPS) is 19.4. The average molecular weight is 514 g/mol. The van der Waals surface area contributed by atoms with E-state index < -0.39 is 5.95 Å². The first-order valence-electron chi connectivity index (χ1n) is 13.3. The van der Waals surface area contributed by atoms with Gasteiger partial charge in [-0.3, -0.25) is 4.79 Å². The summed E-state index contributed by atoms with van der Waals surface area (Å²) in [6, 6.07) is 9.41. The van der Waals surface area contributed by atoms with Crippen molar-refractivity contribution in [3.63, 3.8) is 0 Å². The summed E-state index contributed by atoms with van der Waals surface area (Å²) in [5, 5.41) is 19.4. The summed E-state index contributed by atoms with van der Waals surface area (Å²) < 4.78 is 15.2. The lowest BCUT2D eigenvalue weighted by molar-refractivity contribution is 0.290. The lowest BCUT2D eigenvalue weighted by atomic mass is 9.83. The van der Waals surface area contributed by atoms with Crippen LogP contribution in [0.25, 0.3) is 11.0 Å². The quantitative estimate of drug-likeness (QED) is 0.445. The van der Waals surface area contributed by atoms with Gasteiger partial charge >= 0.3 is 0 Å². The minimum Gasteiger partial charge on any atom is -0.369 e. The third-order valence-electron chi connectivity index (χ3n) is 8.49. The summed E-state index contributed by atoms with van der Waals surface area (Å²) in [4.78, 5) is 26.0. The van der Waals surface area contributed by atoms with Gasteiger partial charge in [0.25, 0.3) is 5.56 Å². The monoisotopic (exact) mass is 513 g/mol. The number of pyridine rings is 3. The van der Waals surface area contributed by atoms with E-state index in [9.17, 15) is 19.7 Å². The Balaban J connectivity index is 1.43. The fourth-order valence-corrected chi connectivity index (χ4v) is 6.05. The molecule has 2 saturated carbocycles. The van der Waals surface area contributed by atoms with Crippen LogP contribution in [0.15, 0.2) is 29.2 Å². The van der Waals surface area contributed by atoms with Crippen LogP contribution in [0.1, 0.15) is 61.8 Å². The molecule has 0 spiro atoms. The van der Waals surface area contributed by atoms with Crippen molar-refractivity contribution in [2.75, 3.05) is 23.4 Å². The fraction of sp³-hybridized carbons (Fsp3) is 0.483.